The average molecular weight is 410 g/mol. The molecule has 4 nitrogen and oxygen atoms in total. The molecule has 28 heavy (non-hydrogen) atoms. The number of hydrogen-bond acceptors (Lipinski definition) is 3. The molecule has 2 saturated carbocycles. The number of hydrogen-bond donors (Lipinski definition) is 1. The molecule has 0 radical (unpaired) electrons. The molecule has 6 heteroatoms. The monoisotopic (exact) mass is 409 g/mol. The van der Waals surface area contributed by atoms with E-state index >= 15 is 0 Å². The second kappa shape index (κ2) is 7.28. The minimum Gasteiger partial charge on any atom is -0.371 e. The molecule has 5 atom stereocenters. The van der Waals surface area contributed by atoms with Crippen LogP contribution in [0.4, 0.5) is 4.39 Å². The largest absolute Gasteiger partial charge is 0.380 e. The van der Waals surface area contributed by atoms with Crippen LogP contribution in [0.1, 0.15) is 75.0 Å². The summed E-state index contributed by atoms with van der Waals surface area (Å²) in [6.07, 6.45) is 8.20. The Hall–Kier alpha value is -1.14. The molecule has 1 aromatic rings. The zero-order valence-corrected chi connectivity index (χ0v) is 17.7. The minimum atomic E-state index is -4.02. The number of nitrogens with two attached hydrogens (primary N) is 1. The molecule has 2 N–H and O–H groups in total. The van der Waals surface area contributed by atoms with Crippen LogP contribution in [0, 0.1) is 23.2 Å². The lowest BCUT2D eigenvalue weighted by Gasteiger charge is -2.51. The first-order chi connectivity index (χ1) is 13.3. The maximum absolute atomic E-state index is 13.1. The Morgan fingerprint density at radius 1 is 1.25 bits per heavy atom. The van der Waals surface area contributed by atoms with Gasteiger partial charge in [0, 0.05) is 0 Å². The van der Waals surface area contributed by atoms with Gasteiger partial charge in [-0.25, -0.2) is 0 Å². The van der Waals surface area contributed by atoms with Gasteiger partial charge < -0.3 is 4.18 Å². The molecule has 1 aromatic carbocycles. The maximum Gasteiger partial charge on any atom is 0.380 e. The Balaban J connectivity index is 1.66. The van der Waals surface area contributed by atoms with Crippen molar-refractivity contribution in [3.63, 3.8) is 0 Å². The molecule has 0 heterocycles. The Bertz CT molecular complexity index is 856. The van der Waals surface area contributed by atoms with Gasteiger partial charge in [-0.3, -0.25) is 4.39 Å². The summed E-state index contributed by atoms with van der Waals surface area (Å²) in [6.45, 7) is 4.22. The van der Waals surface area contributed by atoms with Crippen LogP contribution in [0.15, 0.2) is 12.1 Å². The van der Waals surface area contributed by atoms with E-state index in [9.17, 15) is 12.8 Å². The molecular formula is C22H32FNO3S. The fraction of sp³-hybridized carbons (Fsp3) is 0.727. The summed E-state index contributed by atoms with van der Waals surface area (Å²) in [4.78, 5) is 0. The van der Waals surface area contributed by atoms with Crippen molar-refractivity contribution in [2.75, 3.05) is 6.67 Å². The van der Waals surface area contributed by atoms with Crippen LogP contribution in [0.2, 0.25) is 0 Å². The Kier molecular flexibility index (Phi) is 5.24. The van der Waals surface area contributed by atoms with Crippen LogP contribution in [0.3, 0.4) is 0 Å². The summed E-state index contributed by atoms with van der Waals surface area (Å²) in [5.41, 5.74) is 3.78. The number of halogens is 1. The minimum absolute atomic E-state index is 0.198. The smallest absolute Gasteiger partial charge is 0.371 e. The highest BCUT2D eigenvalue weighted by molar-refractivity contribution is 7.84. The van der Waals surface area contributed by atoms with Crippen molar-refractivity contribution in [1.82, 2.24) is 0 Å². The number of alkyl halides is 1. The normalized spacial score (nSPS) is 34.4. The van der Waals surface area contributed by atoms with Crippen LogP contribution in [0.25, 0.3) is 0 Å². The van der Waals surface area contributed by atoms with Crippen LogP contribution in [0.5, 0.6) is 5.75 Å². The highest BCUT2D eigenvalue weighted by Gasteiger charge is 2.54. The second-order valence-corrected chi connectivity index (χ2v) is 10.5. The van der Waals surface area contributed by atoms with Gasteiger partial charge in [0.25, 0.3) is 0 Å². The molecule has 156 valence electrons. The quantitative estimate of drug-likeness (QED) is 0.769. The molecule has 0 spiro atoms. The molecule has 0 amide bonds. The molecule has 3 aliphatic rings. The van der Waals surface area contributed by atoms with Gasteiger partial charge in [-0.05, 0) is 103 Å². The van der Waals surface area contributed by atoms with E-state index in [1.165, 1.54) is 30.4 Å². The molecule has 0 bridgehead atoms. The van der Waals surface area contributed by atoms with Gasteiger partial charge in [-0.1, -0.05) is 19.9 Å². The number of rotatable bonds is 5. The molecule has 0 saturated heterocycles. The lowest BCUT2D eigenvalue weighted by Crippen LogP contribution is -2.42. The van der Waals surface area contributed by atoms with E-state index in [0.29, 0.717) is 35.8 Å². The van der Waals surface area contributed by atoms with E-state index in [1.807, 2.05) is 13.0 Å². The van der Waals surface area contributed by atoms with E-state index in [4.69, 9.17) is 9.32 Å². The number of fused-ring (bicyclic) bond motifs is 5. The van der Waals surface area contributed by atoms with Gasteiger partial charge in [-0.15, -0.1) is 0 Å². The zero-order chi connectivity index (χ0) is 20.1. The predicted molar refractivity (Wildman–Crippen MR) is 108 cm³/mol. The van der Waals surface area contributed by atoms with Crippen molar-refractivity contribution in [2.24, 2.45) is 28.3 Å². The van der Waals surface area contributed by atoms with Crippen molar-refractivity contribution in [3.8, 4) is 5.75 Å². The van der Waals surface area contributed by atoms with Crippen LogP contribution in [-0.2, 0) is 23.1 Å². The molecule has 2 fully saturated rings. The number of aryl methyl sites for hydroxylation is 2. The van der Waals surface area contributed by atoms with Crippen molar-refractivity contribution >= 4 is 10.3 Å². The van der Waals surface area contributed by atoms with Crippen molar-refractivity contribution < 1.29 is 17.0 Å². The third kappa shape index (κ3) is 3.36. The first-order valence-electron chi connectivity index (χ1n) is 10.7. The average Bonchev–Trinajstić information content (AvgIpc) is 2.96. The fourth-order valence-electron chi connectivity index (χ4n) is 6.84. The Labute approximate surface area is 168 Å². The zero-order valence-electron chi connectivity index (χ0n) is 16.9. The summed E-state index contributed by atoms with van der Waals surface area (Å²) >= 11 is 0. The molecule has 0 aromatic heterocycles. The lowest BCUT2D eigenvalue weighted by atomic mass is 9.54. The second-order valence-electron chi connectivity index (χ2n) is 9.30. The highest BCUT2D eigenvalue weighted by atomic mass is 32.2. The van der Waals surface area contributed by atoms with E-state index < -0.39 is 10.3 Å². The van der Waals surface area contributed by atoms with Gasteiger partial charge in [0.05, 0.1) is 6.67 Å². The predicted octanol–water partition coefficient (Wildman–Crippen LogP) is 4.66. The highest BCUT2D eigenvalue weighted by Crippen LogP contribution is 2.63. The molecule has 3 aliphatic carbocycles. The summed E-state index contributed by atoms with van der Waals surface area (Å²) in [5.74, 6) is 2.78. The van der Waals surface area contributed by atoms with E-state index in [-0.39, 0.29) is 12.1 Å². The summed E-state index contributed by atoms with van der Waals surface area (Å²) in [6, 6.07) is 4.08. The molecule has 0 unspecified atom stereocenters. The van der Waals surface area contributed by atoms with Crippen molar-refractivity contribution in [2.45, 2.75) is 71.1 Å². The van der Waals surface area contributed by atoms with E-state index in [2.05, 4.69) is 13.0 Å². The maximum atomic E-state index is 13.1. The Morgan fingerprint density at radius 3 is 2.71 bits per heavy atom. The van der Waals surface area contributed by atoms with Crippen LogP contribution < -0.4 is 9.32 Å². The van der Waals surface area contributed by atoms with Gasteiger partial charge in [0.2, 0.25) is 0 Å². The van der Waals surface area contributed by atoms with Crippen molar-refractivity contribution in [1.29, 1.82) is 0 Å². The third-order valence-electron chi connectivity index (χ3n) is 8.15. The summed E-state index contributed by atoms with van der Waals surface area (Å²) in [7, 11) is -4.02. The fourth-order valence-corrected chi connectivity index (χ4v) is 7.24. The van der Waals surface area contributed by atoms with Crippen LogP contribution in [-0.4, -0.2) is 15.1 Å². The van der Waals surface area contributed by atoms with Gasteiger partial charge in [-0.2, -0.15) is 13.6 Å². The third-order valence-corrected chi connectivity index (χ3v) is 8.56. The molecule has 0 aliphatic heterocycles. The summed E-state index contributed by atoms with van der Waals surface area (Å²) < 4.78 is 41.0. The van der Waals surface area contributed by atoms with E-state index in [1.54, 1.807) is 0 Å². The van der Waals surface area contributed by atoms with E-state index in [0.717, 1.165) is 31.2 Å². The molecule has 4 rings (SSSR count). The Morgan fingerprint density at radius 2 is 2.04 bits per heavy atom. The molecular weight excluding hydrogens is 377 g/mol. The lowest BCUT2D eigenvalue weighted by molar-refractivity contribution is 0.0240. The first kappa shape index (κ1) is 20.1. The standard InChI is InChI=1S/C22H32FNO3S/c1-3-14-12-19-15(13-21(14)27-28(24,25)26)4-6-18-17(19)8-10-22(2)16(9-11-23)5-7-20(18)22/h12-13,16-18,20H,3-11H2,1-2H3,(H2,24,25,26)/t16-,17+,18-,20+,22-/m1/s1. The van der Waals surface area contributed by atoms with Crippen LogP contribution >= 0.6 is 0 Å². The van der Waals surface area contributed by atoms with Gasteiger partial charge in [0.1, 0.15) is 5.75 Å². The van der Waals surface area contributed by atoms with Crippen molar-refractivity contribution in [3.05, 3.63) is 28.8 Å². The van der Waals surface area contributed by atoms with Gasteiger partial charge in [0.15, 0.2) is 0 Å². The summed E-state index contributed by atoms with van der Waals surface area (Å²) in [5, 5.41) is 5.11. The first-order valence-corrected chi connectivity index (χ1v) is 12.2. The number of benzene rings is 1. The van der Waals surface area contributed by atoms with Gasteiger partial charge >= 0.3 is 10.3 Å². The SMILES string of the molecule is CCc1cc2c(cc1OS(N)(=O)=O)CC[C@@H]1[C@@H]2CC[C@]2(C)[C@@H](CCF)CC[C@@H]12. The topological polar surface area (TPSA) is 69.4 Å².